The molecule has 0 aromatic carbocycles. The van der Waals surface area contributed by atoms with Crippen molar-refractivity contribution in [3.8, 4) is 0 Å². The number of sulfone groups is 1. The molecule has 3 atom stereocenters. The van der Waals surface area contributed by atoms with E-state index in [4.69, 9.17) is 5.73 Å². The Hall–Kier alpha value is -0.0900. The summed E-state index contributed by atoms with van der Waals surface area (Å²) in [4.78, 5) is 0. The molecule has 1 heterocycles. The molecule has 2 rings (SSSR count). The van der Waals surface area contributed by atoms with Crippen LogP contribution in [-0.2, 0) is 9.84 Å². The second-order valence-corrected chi connectivity index (χ2v) is 7.91. The lowest BCUT2D eigenvalue weighted by Gasteiger charge is -2.33. The molecule has 3 unspecified atom stereocenters. The van der Waals surface area contributed by atoms with Gasteiger partial charge in [0.2, 0.25) is 0 Å². The van der Waals surface area contributed by atoms with Crippen molar-refractivity contribution in [2.75, 3.05) is 18.1 Å². The number of hydrogen-bond acceptors (Lipinski definition) is 3. The van der Waals surface area contributed by atoms with Crippen LogP contribution in [0.15, 0.2) is 0 Å². The maximum absolute atomic E-state index is 11.6. The minimum absolute atomic E-state index is 0.143. The topological polar surface area (TPSA) is 60.2 Å². The summed E-state index contributed by atoms with van der Waals surface area (Å²) in [6, 6.07) is 0. The average molecular weight is 245 g/mol. The van der Waals surface area contributed by atoms with E-state index in [9.17, 15) is 8.42 Å². The summed E-state index contributed by atoms with van der Waals surface area (Å²) >= 11 is 0. The Morgan fingerprint density at radius 1 is 1.38 bits per heavy atom. The fraction of sp³-hybridized carbons (Fsp3) is 1.00. The number of nitrogens with two attached hydrogens (primary N) is 1. The monoisotopic (exact) mass is 245 g/mol. The Bertz CT molecular complexity index is 352. The van der Waals surface area contributed by atoms with Crippen molar-refractivity contribution in [1.29, 1.82) is 0 Å². The maximum atomic E-state index is 11.6. The minimum atomic E-state index is -2.76. The van der Waals surface area contributed by atoms with E-state index < -0.39 is 9.84 Å². The molecule has 0 amide bonds. The maximum Gasteiger partial charge on any atom is 0.150 e. The van der Waals surface area contributed by atoms with Gasteiger partial charge >= 0.3 is 0 Å². The lowest BCUT2D eigenvalue weighted by Crippen LogP contribution is -2.36. The van der Waals surface area contributed by atoms with E-state index in [-0.39, 0.29) is 5.41 Å². The summed E-state index contributed by atoms with van der Waals surface area (Å²) in [5.74, 6) is 1.88. The smallest absolute Gasteiger partial charge is 0.150 e. The highest BCUT2D eigenvalue weighted by atomic mass is 32.2. The van der Waals surface area contributed by atoms with Crippen molar-refractivity contribution >= 4 is 9.84 Å². The number of hydrogen-bond donors (Lipinski definition) is 1. The second-order valence-electron chi connectivity index (χ2n) is 5.68. The highest BCUT2D eigenvalue weighted by Crippen LogP contribution is 2.50. The van der Waals surface area contributed by atoms with Crippen molar-refractivity contribution in [2.24, 2.45) is 23.0 Å². The third kappa shape index (κ3) is 2.14. The highest BCUT2D eigenvalue weighted by molar-refractivity contribution is 7.91. The summed E-state index contributed by atoms with van der Waals surface area (Å²) in [5, 5.41) is 0. The molecule has 94 valence electrons. The molecule has 1 saturated heterocycles. The molecule has 0 spiro atoms. The summed E-state index contributed by atoms with van der Waals surface area (Å²) in [6.45, 7) is 2.90. The van der Waals surface area contributed by atoms with Crippen LogP contribution in [0.3, 0.4) is 0 Å². The van der Waals surface area contributed by atoms with E-state index in [0.717, 1.165) is 25.2 Å². The van der Waals surface area contributed by atoms with Gasteiger partial charge in [0.1, 0.15) is 0 Å². The quantitative estimate of drug-likeness (QED) is 0.821. The fourth-order valence-corrected chi connectivity index (χ4v) is 5.56. The van der Waals surface area contributed by atoms with Crippen molar-refractivity contribution in [3.05, 3.63) is 0 Å². The minimum Gasteiger partial charge on any atom is -0.330 e. The van der Waals surface area contributed by atoms with Crippen LogP contribution in [-0.4, -0.2) is 26.5 Å². The highest BCUT2D eigenvalue weighted by Gasteiger charge is 2.47. The third-order valence-electron chi connectivity index (χ3n) is 4.83. The largest absolute Gasteiger partial charge is 0.330 e. The second kappa shape index (κ2) is 4.30. The first-order valence-corrected chi connectivity index (χ1v) is 8.24. The van der Waals surface area contributed by atoms with Crippen LogP contribution in [0.1, 0.15) is 39.0 Å². The fourth-order valence-electron chi connectivity index (χ4n) is 3.62. The van der Waals surface area contributed by atoms with Crippen LogP contribution >= 0.6 is 0 Å². The lowest BCUT2D eigenvalue weighted by molar-refractivity contribution is 0.187. The summed E-state index contributed by atoms with van der Waals surface area (Å²) in [6.07, 6.45) is 5.59. The van der Waals surface area contributed by atoms with Crippen molar-refractivity contribution in [3.63, 3.8) is 0 Å². The molecule has 2 fully saturated rings. The lowest BCUT2D eigenvalue weighted by atomic mass is 9.73. The molecule has 1 saturated carbocycles. The zero-order valence-corrected chi connectivity index (χ0v) is 10.9. The predicted molar refractivity (Wildman–Crippen MR) is 65.9 cm³/mol. The van der Waals surface area contributed by atoms with Gasteiger partial charge in [-0.3, -0.25) is 0 Å². The van der Waals surface area contributed by atoms with Crippen molar-refractivity contribution in [2.45, 2.75) is 39.0 Å². The van der Waals surface area contributed by atoms with Crippen LogP contribution in [0.2, 0.25) is 0 Å². The normalized spacial score (nSPS) is 42.6. The molecule has 3 nitrogen and oxygen atoms in total. The average Bonchev–Trinajstić information content (AvgIpc) is 2.82. The van der Waals surface area contributed by atoms with Crippen LogP contribution in [0.4, 0.5) is 0 Å². The molecule has 0 aromatic heterocycles. The van der Waals surface area contributed by atoms with E-state index in [1.165, 1.54) is 12.8 Å². The molecule has 0 radical (unpaired) electrons. The van der Waals surface area contributed by atoms with Crippen LogP contribution in [0, 0.1) is 17.3 Å². The van der Waals surface area contributed by atoms with Gasteiger partial charge in [-0.2, -0.15) is 0 Å². The zero-order chi connectivity index (χ0) is 11.8. The van der Waals surface area contributed by atoms with Crippen LogP contribution in [0.5, 0.6) is 0 Å². The standard InChI is InChI=1S/C12H23NO2S/c1-2-10-3-5-12(7-10,9-13)11-4-6-16(14,15)8-11/h10-11H,2-9,13H2,1H3. The molecule has 2 N–H and O–H groups in total. The molecular weight excluding hydrogens is 222 g/mol. The molecular formula is C12H23NO2S. The van der Waals surface area contributed by atoms with Gasteiger partial charge < -0.3 is 5.73 Å². The predicted octanol–water partition coefficient (Wildman–Crippen LogP) is 1.58. The molecule has 0 bridgehead atoms. The first-order valence-electron chi connectivity index (χ1n) is 6.42. The van der Waals surface area contributed by atoms with E-state index in [1.54, 1.807) is 0 Å². The molecule has 0 aromatic rings. The third-order valence-corrected chi connectivity index (χ3v) is 6.60. The van der Waals surface area contributed by atoms with E-state index in [0.29, 0.717) is 24.0 Å². The summed E-state index contributed by atoms with van der Waals surface area (Å²) < 4.78 is 23.1. The SMILES string of the molecule is CCC1CCC(CN)(C2CCS(=O)(=O)C2)C1. The molecule has 16 heavy (non-hydrogen) atoms. The Morgan fingerprint density at radius 3 is 2.56 bits per heavy atom. The van der Waals surface area contributed by atoms with Gasteiger partial charge in [0.05, 0.1) is 11.5 Å². The molecule has 1 aliphatic carbocycles. The Kier molecular flexibility index (Phi) is 3.32. The Labute approximate surface area is 98.7 Å². The van der Waals surface area contributed by atoms with Crippen LogP contribution in [0.25, 0.3) is 0 Å². The summed E-state index contributed by atoms with van der Waals surface area (Å²) in [7, 11) is -2.76. The van der Waals surface area contributed by atoms with Crippen molar-refractivity contribution < 1.29 is 8.42 Å². The van der Waals surface area contributed by atoms with Gasteiger partial charge in [-0.05, 0) is 49.5 Å². The van der Waals surface area contributed by atoms with E-state index in [2.05, 4.69) is 6.92 Å². The van der Waals surface area contributed by atoms with E-state index >= 15 is 0 Å². The summed E-state index contributed by atoms with van der Waals surface area (Å²) in [5.41, 5.74) is 6.10. The van der Waals surface area contributed by atoms with Crippen molar-refractivity contribution in [1.82, 2.24) is 0 Å². The van der Waals surface area contributed by atoms with Gasteiger partial charge in [-0.15, -0.1) is 0 Å². The Morgan fingerprint density at radius 2 is 2.12 bits per heavy atom. The molecule has 1 aliphatic heterocycles. The zero-order valence-electron chi connectivity index (χ0n) is 10.1. The Balaban J connectivity index is 2.12. The molecule has 4 heteroatoms. The molecule has 2 aliphatic rings. The van der Waals surface area contributed by atoms with Gasteiger partial charge in [0, 0.05) is 0 Å². The van der Waals surface area contributed by atoms with Gasteiger partial charge in [-0.25, -0.2) is 8.42 Å². The van der Waals surface area contributed by atoms with Gasteiger partial charge in [0.25, 0.3) is 0 Å². The first-order chi connectivity index (χ1) is 7.51. The van der Waals surface area contributed by atoms with Gasteiger partial charge in [0.15, 0.2) is 9.84 Å². The first kappa shape index (κ1) is 12.4. The van der Waals surface area contributed by atoms with E-state index in [1.807, 2.05) is 0 Å². The van der Waals surface area contributed by atoms with Gasteiger partial charge in [-0.1, -0.05) is 13.3 Å². The van der Waals surface area contributed by atoms with Crippen LogP contribution < -0.4 is 5.73 Å². The number of rotatable bonds is 3.